The van der Waals surface area contributed by atoms with E-state index < -0.39 is 6.10 Å². The summed E-state index contributed by atoms with van der Waals surface area (Å²) in [4.78, 5) is 37.7. The molecule has 0 N–H and O–H groups in total. The molecule has 1 atom stereocenters. The van der Waals surface area contributed by atoms with Crippen molar-refractivity contribution in [3.63, 3.8) is 0 Å². The maximum absolute atomic E-state index is 12.7. The third-order valence-electron chi connectivity index (χ3n) is 11.0. The van der Waals surface area contributed by atoms with E-state index in [4.69, 9.17) is 14.2 Å². The van der Waals surface area contributed by atoms with Gasteiger partial charge in [-0.15, -0.1) is 0 Å². The first-order chi connectivity index (χ1) is 27.5. The van der Waals surface area contributed by atoms with E-state index >= 15 is 0 Å². The maximum atomic E-state index is 12.7. The van der Waals surface area contributed by atoms with E-state index in [1.165, 1.54) is 173 Å². The molecule has 0 bridgehead atoms. The first-order valence-electron chi connectivity index (χ1n) is 24.7. The average Bonchev–Trinajstić information content (AvgIpc) is 3.19. The Balaban J connectivity index is 4.25. The number of hydrogen-bond donors (Lipinski definition) is 0. The largest absolute Gasteiger partial charge is 0.462 e. The van der Waals surface area contributed by atoms with Gasteiger partial charge in [0.15, 0.2) is 6.10 Å². The summed E-state index contributed by atoms with van der Waals surface area (Å²) in [5.74, 6) is -0.863. The number of rotatable bonds is 45. The van der Waals surface area contributed by atoms with Crippen LogP contribution in [0.2, 0.25) is 0 Å². The van der Waals surface area contributed by atoms with Crippen molar-refractivity contribution in [2.75, 3.05) is 13.2 Å². The van der Waals surface area contributed by atoms with Gasteiger partial charge in [0, 0.05) is 19.3 Å². The highest BCUT2D eigenvalue weighted by molar-refractivity contribution is 5.71. The van der Waals surface area contributed by atoms with Crippen LogP contribution >= 0.6 is 0 Å². The SMILES string of the molecule is CCCCCCCCC/C=C\CCCCCCCCCC(=O)OCC(COC(=O)CCCCCCCCCCCC)OC(=O)CCCCCCCCCCCC. The number of allylic oxidation sites excluding steroid dienone is 2. The summed E-state index contributed by atoms with van der Waals surface area (Å²) < 4.78 is 16.7. The van der Waals surface area contributed by atoms with Crippen LogP contribution in [0.1, 0.15) is 271 Å². The number of unbranched alkanes of at least 4 members (excludes halogenated alkanes) is 32. The molecular formula is C50H94O6. The zero-order valence-corrected chi connectivity index (χ0v) is 37.7. The lowest BCUT2D eigenvalue weighted by Crippen LogP contribution is -2.30. The normalized spacial score (nSPS) is 12.0. The van der Waals surface area contributed by atoms with Gasteiger partial charge in [-0.2, -0.15) is 0 Å². The van der Waals surface area contributed by atoms with Gasteiger partial charge in [-0.05, 0) is 44.9 Å². The van der Waals surface area contributed by atoms with Crippen LogP contribution in [-0.4, -0.2) is 37.2 Å². The predicted octanol–water partition coefficient (Wildman–Crippen LogP) is 15.8. The number of ether oxygens (including phenoxy) is 3. The fraction of sp³-hybridized carbons (Fsp3) is 0.900. The monoisotopic (exact) mass is 791 g/mol. The highest BCUT2D eigenvalue weighted by atomic mass is 16.6. The second-order valence-corrected chi connectivity index (χ2v) is 16.7. The number of carbonyl (C=O) groups excluding carboxylic acids is 3. The lowest BCUT2D eigenvalue weighted by Gasteiger charge is -2.18. The van der Waals surface area contributed by atoms with Gasteiger partial charge in [0.1, 0.15) is 13.2 Å². The van der Waals surface area contributed by atoms with Crippen LogP contribution in [0.5, 0.6) is 0 Å². The molecule has 0 radical (unpaired) electrons. The molecule has 0 aromatic rings. The Bertz CT molecular complexity index is 870. The van der Waals surface area contributed by atoms with E-state index in [-0.39, 0.29) is 31.1 Å². The van der Waals surface area contributed by atoms with Crippen molar-refractivity contribution in [1.82, 2.24) is 0 Å². The molecule has 0 saturated heterocycles. The molecule has 0 heterocycles. The molecule has 1 unspecified atom stereocenters. The molecular weight excluding hydrogens is 697 g/mol. The van der Waals surface area contributed by atoms with Gasteiger partial charge in [0.05, 0.1) is 0 Å². The Hall–Kier alpha value is -1.85. The summed E-state index contributed by atoms with van der Waals surface area (Å²) in [7, 11) is 0. The van der Waals surface area contributed by atoms with Crippen molar-refractivity contribution >= 4 is 17.9 Å². The molecule has 56 heavy (non-hydrogen) atoms. The summed E-state index contributed by atoms with van der Waals surface area (Å²) >= 11 is 0. The highest BCUT2D eigenvalue weighted by Gasteiger charge is 2.19. The van der Waals surface area contributed by atoms with Crippen LogP contribution in [0.3, 0.4) is 0 Å². The molecule has 0 amide bonds. The molecule has 0 aliphatic carbocycles. The van der Waals surface area contributed by atoms with Crippen molar-refractivity contribution in [1.29, 1.82) is 0 Å². The molecule has 0 aromatic heterocycles. The van der Waals surface area contributed by atoms with Crippen LogP contribution in [-0.2, 0) is 28.6 Å². The number of hydrogen-bond acceptors (Lipinski definition) is 6. The smallest absolute Gasteiger partial charge is 0.306 e. The van der Waals surface area contributed by atoms with E-state index in [9.17, 15) is 14.4 Å². The van der Waals surface area contributed by atoms with Gasteiger partial charge >= 0.3 is 17.9 Å². The molecule has 0 aliphatic heterocycles. The zero-order chi connectivity index (χ0) is 40.8. The van der Waals surface area contributed by atoms with Gasteiger partial charge in [-0.3, -0.25) is 14.4 Å². The van der Waals surface area contributed by atoms with Gasteiger partial charge < -0.3 is 14.2 Å². The van der Waals surface area contributed by atoms with Gasteiger partial charge in [-0.1, -0.05) is 219 Å². The Morgan fingerprint density at radius 1 is 0.339 bits per heavy atom. The molecule has 0 aliphatic rings. The van der Waals surface area contributed by atoms with Crippen LogP contribution in [0.25, 0.3) is 0 Å². The minimum Gasteiger partial charge on any atom is -0.462 e. The molecule has 0 fully saturated rings. The lowest BCUT2D eigenvalue weighted by atomic mass is 10.1. The molecule has 0 rings (SSSR count). The second-order valence-electron chi connectivity index (χ2n) is 16.7. The van der Waals surface area contributed by atoms with Crippen molar-refractivity contribution < 1.29 is 28.6 Å². The molecule has 0 aromatic carbocycles. The predicted molar refractivity (Wildman–Crippen MR) is 238 cm³/mol. The Kier molecular flexibility index (Phi) is 44.3. The van der Waals surface area contributed by atoms with E-state index in [0.717, 1.165) is 57.8 Å². The van der Waals surface area contributed by atoms with Crippen molar-refractivity contribution in [2.45, 2.75) is 277 Å². The van der Waals surface area contributed by atoms with Gasteiger partial charge in [0.25, 0.3) is 0 Å². The summed E-state index contributed by atoms with van der Waals surface area (Å²) in [5, 5.41) is 0. The average molecular weight is 791 g/mol. The molecule has 330 valence electrons. The minimum absolute atomic E-state index is 0.0668. The first-order valence-corrected chi connectivity index (χ1v) is 24.7. The molecule has 6 heteroatoms. The topological polar surface area (TPSA) is 78.9 Å². The van der Waals surface area contributed by atoms with Crippen LogP contribution in [0.4, 0.5) is 0 Å². The van der Waals surface area contributed by atoms with Crippen LogP contribution in [0, 0.1) is 0 Å². The highest BCUT2D eigenvalue weighted by Crippen LogP contribution is 2.15. The second kappa shape index (κ2) is 45.8. The number of esters is 3. The van der Waals surface area contributed by atoms with E-state index in [1.54, 1.807) is 0 Å². The fourth-order valence-electron chi connectivity index (χ4n) is 7.26. The molecule has 0 saturated carbocycles. The maximum Gasteiger partial charge on any atom is 0.306 e. The minimum atomic E-state index is -0.763. The molecule has 6 nitrogen and oxygen atoms in total. The summed E-state index contributed by atoms with van der Waals surface area (Å²) in [5.41, 5.74) is 0. The van der Waals surface area contributed by atoms with Crippen molar-refractivity contribution in [3.05, 3.63) is 12.2 Å². The third kappa shape index (κ3) is 43.3. The quantitative estimate of drug-likeness (QED) is 0.0264. The van der Waals surface area contributed by atoms with Gasteiger partial charge in [-0.25, -0.2) is 0 Å². The van der Waals surface area contributed by atoms with Crippen molar-refractivity contribution in [2.24, 2.45) is 0 Å². The lowest BCUT2D eigenvalue weighted by molar-refractivity contribution is -0.167. The van der Waals surface area contributed by atoms with E-state index in [1.807, 2.05) is 0 Å². The molecule has 0 spiro atoms. The Labute approximate surface area is 348 Å². The Morgan fingerprint density at radius 3 is 0.893 bits per heavy atom. The standard InChI is InChI=1S/C50H94O6/c1-4-7-10-13-16-19-22-23-24-25-26-27-28-29-32-34-37-40-43-49(52)55-46-47(56-50(53)44-41-38-35-31-21-18-15-12-9-6-3)45-54-48(51)42-39-36-33-30-20-17-14-11-8-5-2/h24-25,47H,4-23,26-46H2,1-3H3/b25-24-. The first kappa shape index (κ1) is 54.2. The summed E-state index contributed by atoms with van der Waals surface area (Å²) in [6.45, 7) is 6.63. The number of carbonyl (C=O) groups is 3. The van der Waals surface area contributed by atoms with E-state index in [2.05, 4.69) is 32.9 Å². The summed E-state index contributed by atoms with van der Waals surface area (Å²) in [6.07, 6.45) is 49.1. The van der Waals surface area contributed by atoms with Crippen molar-refractivity contribution in [3.8, 4) is 0 Å². The van der Waals surface area contributed by atoms with Gasteiger partial charge in [0.2, 0.25) is 0 Å². The third-order valence-corrected chi connectivity index (χ3v) is 11.0. The van der Waals surface area contributed by atoms with Crippen LogP contribution < -0.4 is 0 Å². The Morgan fingerprint density at radius 2 is 0.589 bits per heavy atom. The van der Waals surface area contributed by atoms with E-state index in [0.29, 0.717) is 19.3 Å². The fourth-order valence-corrected chi connectivity index (χ4v) is 7.26. The van der Waals surface area contributed by atoms with Crippen LogP contribution in [0.15, 0.2) is 12.2 Å². The summed E-state index contributed by atoms with van der Waals surface area (Å²) in [6, 6.07) is 0. The zero-order valence-electron chi connectivity index (χ0n) is 37.7.